The third kappa shape index (κ3) is 4.04. The van der Waals surface area contributed by atoms with Gasteiger partial charge in [0.2, 0.25) is 0 Å². The zero-order chi connectivity index (χ0) is 19.3. The van der Waals surface area contributed by atoms with Crippen LogP contribution in [-0.2, 0) is 13.1 Å². The van der Waals surface area contributed by atoms with Gasteiger partial charge in [-0.25, -0.2) is 0 Å². The van der Waals surface area contributed by atoms with Gasteiger partial charge in [-0.1, -0.05) is 42.5 Å². The second-order valence-electron chi connectivity index (χ2n) is 7.39. The van der Waals surface area contributed by atoms with Crippen LogP contribution in [0.3, 0.4) is 0 Å². The maximum absolute atomic E-state index is 12.9. The molecule has 4 rings (SSSR count). The Kier molecular flexibility index (Phi) is 5.63. The minimum Gasteiger partial charge on any atom is -0.463 e. The predicted octanol–water partition coefficient (Wildman–Crippen LogP) is 4.20. The van der Waals surface area contributed by atoms with Crippen molar-refractivity contribution in [3.8, 4) is 0 Å². The third-order valence-electron chi connectivity index (χ3n) is 5.45. The number of hydrogen-bond donors (Lipinski definition) is 1. The first-order valence-corrected chi connectivity index (χ1v) is 9.99. The van der Waals surface area contributed by atoms with Crippen molar-refractivity contribution in [2.75, 3.05) is 13.1 Å². The van der Waals surface area contributed by atoms with Gasteiger partial charge in [0, 0.05) is 44.4 Å². The monoisotopic (exact) mass is 377 g/mol. The summed E-state index contributed by atoms with van der Waals surface area (Å²) in [5.41, 5.74) is 3.72. The minimum absolute atomic E-state index is 0.0163. The van der Waals surface area contributed by atoms with Gasteiger partial charge in [-0.2, -0.15) is 0 Å². The molecule has 1 aromatic carbocycles. The fourth-order valence-corrected chi connectivity index (χ4v) is 3.91. The van der Waals surface area contributed by atoms with E-state index in [2.05, 4.69) is 34.5 Å². The molecular formula is C23H27N3O2. The number of furan rings is 1. The Balaban J connectivity index is 1.37. The number of nitrogens with zero attached hydrogens (tertiary/aromatic N) is 2. The summed E-state index contributed by atoms with van der Waals surface area (Å²) >= 11 is 0. The minimum atomic E-state index is -0.0163. The van der Waals surface area contributed by atoms with Crippen LogP contribution in [-0.4, -0.2) is 34.5 Å². The molecule has 1 amide bonds. The predicted molar refractivity (Wildman–Crippen MR) is 111 cm³/mol. The Labute approximate surface area is 165 Å². The number of hydrogen-bond acceptors (Lipinski definition) is 3. The summed E-state index contributed by atoms with van der Waals surface area (Å²) in [4.78, 5) is 15.4. The molecule has 0 atom stereocenters. The largest absolute Gasteiger partial charge is 0.463 e. The molecule has 0 radical (unpaired) electrons. The molecule has 0 unspecified atom stereocenters. The summed E-state index contributed by atoms with van der Waals surface area (Å²) in [7, 11) is 0. The van der Waals surface area contributed by atoms with Crippen LogP contribution in [0, 0.1) is 0 Å². The number of carbonyl (C=O) groups excluding carboxylic acids is 1. The average Bonchev–Trinajstić information content (AvgIpc) is 3.30. The standard InChI is InChI=1S/C23H27N3O2/c1-2-3-12-26-20-11-15-28-22(20)16-21(26)23(27)24-19-9-13-25(14-10-19)17-18-7-5-4-6-8-18/h2-8,11,15-16,19H,9-10,12-14,17H2,1H3,(H,24,27). The summed E-state index contributed by atoms with van der Waals surface area (Å²) in [6, 6.07) is 14.5. The maximum Gasteiger partial charge on any atom is 0.268 e. The molecule has 1 aliphatic heterocycles. The quantitative estimate of drug-likeness (QED) is 0.655. The maximum atomic E-state index is 12.9. The zero-order valence-electron chi connectivity index (χ0n) is 16.3. The molecule has 1 aliphatic rings. The van der Waals surface area contributed by atoms with Crippen molar-refractivity contribution in [3.05, 3.63) is 72.1 Å². The van der Waals surface area contributed by atoms with Crippen LogP contribution in [0.25, 0.3) is 11.1 Å². The Morgan fingerprint density at radius 2 is 2.00 bits per heavy atom. The fraction of sp³-hybridized carbons (Fsp3) is 0.348. The van der Waals surface area contributed by atoms with Gasteiger partial charge in [-0.3, -0.25) is 9.69 Å². The molecular weight excluding hydrogens is 350 g/mol. The molecule has 0 bridgehead atoms. The first-order valence-electron chi connectivity index (χ1n) is 9.99. The number of benzene rings is 1. The van der Waals surface area contributed by atoms with Crippen LogP contribution >= 0.6 is 0 Å². The van der Waals surface area contributed by atoms with E-state index in [9.17, 15) is 4.79 Å². The lowest BCUT2D eigenvalue weighted by atomic mass is 10.0. The highest BCUT2D eigenvalue weighted by Crippen LogP contribution is 2.22. The molecule has 0 aliphatic carbocycles. The first kappa shape index (κ1) is 18.6. The van der Waals surface area contributed by atoms with Crippen molar-refractivity contribution in [1.82, 2.24) is 14.8 Å². The van der Waals surface area contributed by atoms with Crippen LogP contribution in [0.2, 0.25) is 0 Å². The molecule has 5 heteroatoms. The topological polar surface area (TPSA) is 50.4 Å². The summed E-state index contributed by atoms with van der Waals surface area (Å²) < 4.78 is 7.51. The van der Waals surface area contributed by atoms with E-state index in [1.54, 1.807) is 6.26 Å². The summed E-state index contributed by atoms with van der Waals surface area (Å²) in [5, 5.41) is 3.23. The lowest BCUT2D eigenvalue weighted by molar-refractivity contribution is 0.0900. The Morgan fingerprint density at radius 1 is 1.21 bits per heavy atom. The van der Waals surface area contributed by atoms with E-state index < -0.39 is 0 Å². The van der Waals surface area contributed by atoms with Crippen molar-refractivity contribution in [2.45, 2.75) is 38.9 Å². The third-order valence-corrected chi connectivity index (χ3v) is 5.45. The zero-order valence-corrected chi connectivity index (χ0v) is 16.3. The highest BCUT2D eigenvalue weighted by Gasteiger charge is 2.23. The average molecular weight is 377 g/mol. The van der Waals surface area contributed by atoms with Crippen molar-refractivity contribution in [1.29, 1.82) is 0 Å². The van der Waals surface area contributed by atoms with E-state index in [1.165, 1.54) is 5.56 Å². The number of carbonyl (C=O) groups is 1. The molecule has 1 fully saturated rings. The van der Waals surface area contributed by atoms with Crippen molar-refractivity contribution >= 4 is 17.0 Å². The van der Waals surface area contributed by atoms with Crippen LogP contribution in [0.15, 0.2) is 65.3 Å². The second-order valence-corrected chi connectivity index (χ2v) is 7.39. The lowest BCUT2D eigenvalue weighted by Gasteiger charge is -2.32. The SMILES string of the molecule is CC=CCn1c(C(=O)NC2CCN(Cc3ccccc3)CC2)cc2occc21. The van der Waals surface area contributed by atoms with Gasteiger partial charge >= 0.3 is 0 Å². The molecule has 2 aromatic heterocycles. The fourth-order valence-electron chi connectivity index (χ4n) is 3.91. The molecule has 5 nitrogen and oxygen atoms in total. The van der Waals surface area contributed by atoms with E-state index in [0.717, 1.165) is 43.6 Å². The number of likely N-dealkylation sites (tertiary alicyclic amines) is 1. The lowest BCUT2D eigenvalue weighted by Crippen LogP contribution is -2.44. The van der Waals surface area contributed by atoms with Crippen LogP contribution in [0.5, 0.6) is 0 Å². The number of fused-ring (bicyclic) bond motifs is 1. The summed E-state index contributed by atoms with van der Waals surface area (Å²) in [5.74, 6) is -0.0163. The molecule has 28 heavy (non-hydrogen) atoms. The Bertz CT molecular complexity index is 947. The number of nitrogens with one attached hydrogen (secondary N) is 1. The highest BCUT2D eigenvalue weighted by atomic mass is 16.3. The van der Waals surface area contributed by atoms with Gasteiger partial charge in [-0.05, 0) is 25.3 Å². The van der Waals surface area contributed by atoms with Gasteiger partial charge in [0.1, 0.15) is 5.69 Å². The van der Waals surface area contributed by atoms with Gasteiger partial charge in [-0.15, -0.1) is 0 Å². The second kappa shape index (κ2) is 8.48. The summed E-state index contributed by atoms with van der Waals surface area (Å²) in [6.45, 7) is 5.63. The number of allylic oxidation sites excluding steroid dienone is 2. The van der Waals surface area contributed by atoms with E-state index >= 15 is 0 Å². The smallest absolute Gasteiger partial charge is 0.268 e. The van der Waals surface area contributed by atoms with Gasteiger partial charge in [0.15, 0.2) is 5.58 Å². The number of amides is 1. The molecule has 3 heterocycles. The van der Waals surface area contributed by atoms with E-state index in [4.69, 9.17) is 4.42 Å². The number of piperidine rings is 1. The highest BCUT2D eigenvalue weighted by molar-refractivity contribution is 5.97. The van der Waals surface area contributed by atoms with Crippen LogP contribution in [0.4, 0.5) is 0 Å². The molecule has 0 saturated carbocycles. The van der Waals surface area contributed by atoms with E-state index in [-0.39, 0.29) is 11.9 Å². The van der Waals surface area contributed by atoms with E-state index in [1.807, 2.05) is 41.8 Å². The van der Waals surface area contributed by atoms with Crippen LogP contribution in [0.1, 0.15) is 35.8 Å². The Morgan fingerprint density at radius 3 is 2.75 bits per heavy atom. The van der Waals surface area contributed by atoms with Crippen molar-refractivity contribution < 1.29 is 9.21 Å². The molecule has 3 aromatic rings. The van der Waals surface area contributed by atoms with Crippen molar-refractivity contribution in [2.24, 2.45) is 0 Å². The van der Waals surface area contributed by atoms with Gasteiger partial charge in [0.25, 0.3) is 5.91 Å². The van der Waals surface area contributed by atoms with Crippen LogP contribution < -0.4 is 5.32 Å². The molecule has 1 N–H and O–H groups in total. The number of aromatic nitrogens is 1. The summed E-state index contributed by atoms with van der Waals surface area (Å²) in [6.07, 6.45) is 7.66. The van der Waals surface area contributed by atoms with E-state index in [0.29, 0.717) is 12.2 Å². The Hall–Kier alpha value is -2.79. The molecule has 1 saturated heterocycles. The number of rotatable bonds is 6. The van der Waals surface area contributed by atoms with Gasteiger partial charge < -0.3 is 14.3 Å². The first-order chi connectivity index (χ1) is 13.7. The normalized spacial score (nSPS) is 16.2. The molecule has 0 spiro atoms. The van der Waals surface area contributed by atoms with Crippen molar-refractivity contribution in [3.63, 3.8) is 0 Å². The van der Waals surface area contributed by atoms with Gasteiger partial charge in [0.05, 0.1) is 11.8 Å². The molecule has 146 valence electrons.